The molecule has 0 amide bonds. The second-order valence-electron chi connectivity index (χ2n) is 7.86. The van der Waals surface area contributed by atoms with Crippen molar-refractivity contribution < 1.29 is 9.53 Å². The van der Waals surface area contributed by atoms with Crippen molar-refractivity contribution in [2.75, 3.05) is 24.6 Å². The largest absolute Gasteiger partial charge is 0.462 e. The first-order valence-corrected chi connectivity index (χ1v) is 9.92. The number of ether oxygens (including phenoxy) is 1. The zero-order valence-electron chi connectivity index (χ0n) is 17.5. The number of hydrogen-bond donors (Lipinski definition) is 0. The van der Waals surface area contributed by atoms with Crippen LogP contribution in [0.1, 0.15) is 55.0 Å². The summed E-state index contributed by atoms with van der Waals surface area (Å²) in [6, 6.07) is 4.19. The molecule has 3 rings (SSSR count). The Hall–Kier alpha value is -2.63. The van der Waals surface area contributed by atoms with Gasteiger partial charge in [-0.15, -0.1) is 0 Å². The Bertz CT molecular complexity index is 877. The quantitative estimate of drug-likeness (QED) is 0.708. The fourth-order valence-electron chi connectivity index (χ4n) is 3.59. The summed E-state index contributed by atoms with van der Waals surface area (Å²) in [4.78, 5) is 19.4. The molecule has 150 valence electrons. The Morgan fingerprint density at radius 2 is 1.96 bits per heavy atom. The number of carbonyl (C=O) groups excluding carboxylic acids is 1. The van der Waals surface area contributed by atoms with Crippen LogP contribution in [0.25, 0.3) is 5.57 Å². The zero-order valence-corrected chi connectivity index (χ0v) is 17.5. The number of allylic oxidation sites excluding steroid dienone is 1. The summed E-state index contributed by atoms with van der Waals surface area (Å²) in [5.74, 6) is 2.04. The van der Waals surface area contributed by atoms with Crippen LogP contribution in [-0.2, 0) is 11.3 Å². The molecule has 1 saturated heterocycles. The van der Waals surface area contributed by atoms with Crippen molar-refractivity contribution in [1.29, 1.82) is 0 Å². The topological polar surface area (TPSA) is 60.2 Å². The van der Waals surface area contributed by atoms with Crippen molar-refractivity contribution in [2.45, 2.75) is 41.2 Å². The molecule has 28 heavy (non-hydrogen) atoms. The molecule has 2 atom stereocenters. The number of pyridine rings is 1. The predicted molar refractivity (Wildman–Crippen MR) is 112 cm³/mol. The highest BCUT2D eigenvalue weighted by Gasteiger charge is 2.27. The Labute approximate surface area is 167 Å². The number of anilines is 1. The summed E-state index contributed by atoms with van der Waals surface area (Å²) in [6.07, 6.45) is 1.74. The zero-order chi connectivity index (χ0) is 20.4. The van der Waals surface area contributed by atoms with Gasteiger partial charge in [-0.25, -0.2) is 9.78 Å². The molecule has 1 fully saturated rings. The minimum absolute atomic E-state index is 0.331. The van der Waals surface area contributed by atoms with Crippen LogP contribution < -0.4 is 4.90 Å². The van der Waals surface area contributed by atoms with E-state index in [1.807, 2.05) is 13.8 Å². The molecule has 1 aliphatic rings. The molecule has 0 bridgehead atoms. The number of esters is 1. The first-order chi connectivity index (χ1) is 13.3. The van der Waals surface area contributed by atoms with E-state index < -0.39 is 0 Å². The van der Waals surface area contributed by atoms with Crippen molar-refractivity contribution >= 4 is 17.4 Å². The van der Waals surface area contributed by atoms with Crippen molar-refractivity contribution in [3.63, 3.8) is 0 Å². The van der Waals surface area contributed by atoms with E-state index in [0.29, 0.717) is 36.2 Å². The normalized spacial score (nSPS) is 19.1. The van der Waals surface area contributed by atoms with E-state index in [0.717, 1.165) is 35.7 Å². The molecule has 1 aliphatic heterocycles. The van der Waals surface area contributed by atoms with E-state index in [1.54, 1.807) is 17.8 Å². The number of aromatic nitrogens is 3. The highest BCUT2D eigenvalue weighted by atomic mass is 16.5. The smallest absolute Gasteiger partial charge is 0.341 e. The van der Waals surface area contributed by atoms with E-state index in [-0.39, 0.29) is 5.97 Å². The fraction of sp³-hybridized carbons (Fsp3) is 0.500. The minimum atomic E-state index is -0.366. The van der Waals surface area contributed by atoms with Gasteiger partial charge in [0.05, 0.1) is 13.2 Å². The molecule has 2 aromatic rings. The highest BCUT2D eigenvalue weighted by Crippen LogP contribution is 2.27. The van der Waals surface area contributed by atoms with Crippen LogP contribution in [0.5, 0.6) is 0 Å². The van der Waals surface area contributed by atoms with Crippen LogP contribution in [-0.4, -0.2) is 40.4 Å². The number of carbonyl (C=O) groups is 1. The Balaban J connectivity index is 1.81. The second-order valence-corrected chi connectivity index (χ2v) is 7.86. The first kappa shape index (κ1) is 20.1. The molecular formula is C22H30N4O2. The number of nitrogens with zero attached hydrogens (tertiary/aromatic N) is 4. The number of hydrogen-bond acceptors (Lipinski definition) is 5. The maximum absolute atomic E-state index is 12.2. The van der Waals surface area contributed by atoms with Crippen LogP contribution in [0.3, 0.4) is 0 Å². The summed E-state index contributed by atoms with van der Waals surface area (Å²) >= 11 is 0. The molecule has 0 aromatic carbocycles. The van der Waals surface area contributed by atoms with Crippen molar-refractivity contribution in [3.8, 4) is 0 Å². The highest BCUT2D eigenvalue weighted by molar-refractivity contribution is 5.94. The maximum Gasteiger partial charge on any atom is 0.341 e. The van der Waals surface area contributed by atoms with E-state index in [9.17, 15) is 4.79 Å². The molecule has 0 saturated carbocycles. The molecular weight excluding hydrogens is 352 g/mol. The monoisotopic (exact) mass is 382 g/mol. The van der Waals surface area contributed by atoms with Gasteiger partial charge in [-0.05, 0) is 49.8 Å². The lowest BCUT2D eigenvalue weighted by atomic mass is 10.0. The summed E-state index contributed by atoms with van der Waals surface area (Å²) < 4.78 is 6.91. The summed E-state index contributed by atoms with van der Waals surface area (Å²) in [7, 11) is 0. The molecule has 6 nitrogen and oxygen atoms in total. The Kier molecular flexibility index (Phi) is 5.87. The summed E-state index contributed by atoms with van der Waals surface area (Å²) in [5, 5.41) is 4.55. The van der Waals surface area contributed by atoms with E-state index in [2.05, 4.69) is 42.6 Å². The Morgan fingerprint density at radius 1 is 1.29 bits per heavy atom. The first-order valence-electron chi connectivity index (χ1n) is 9.92. The van der Waals surface area contributed by atoms with Crippen molar-refractivity contribution in [2.24, 2.45) is 11.8 Å². The van der Waals surface area contributed by atoms with Gasteiger partial charge in [-0.2, -0.15) is 5.10 Å². The van der Waals surface area contributed by atoms with E-state index in [1.165, 1.54) is 0 Å². The SMILES string of the molecule is C=C(C)c1nn(Cc2ccc(N3CC(C)C(C)C3)nc2C)cc1C(=O)OCC. The Morgan fingerprint density at radius 3 is 2.54 bits per heavy atom. The number of aryl methyl sites for hydroxylation is 1. The predicted octanol–water partition coefficient (Wildman–Crippen LogP) is 3.94. The molecule has 2 unspecified atom stereocenters. The standard InChI is InChI=1S/C22H30N4O2/c1-7-28-22(27)19-13-26(24-21(19)14(2)3)12-18-8-9-20(23-17(18)6)25-10-15(4)16(5)11-25/h8-9,13,15-16H,2,7,10-12H2,1,3-6H3. The average molecular weight is 383 g/mol. The van der Waals surface area contributed by atoms with Crippen LogP contribution >= 0.6 is 0 Å². The third-order valence-corrected chi connectivity index (χ3v) is 5.49. The lowest BCUT2D eigenvalue weighted by molar-refractivity contribution is 0.0526. The van der Waals surface area contributed by atoms with Gasteiger partial charge in [-0.1, -0.05) is 26.5 Å². The molecule has 0 spiro atoms. The lowest BCUT2D eigenvalue weighted by Gasteiger charge is -2.18. The molecule has 2 aromatic heterocycles. The molecule has 0 radical (unpaired) electrons. The summed E-state index contributed by atoms with van der Waals surface area (Å²) in [6.45, 7) is 17.2. The van der Waals surface area contributed by atoms with E-state index >= 15 is 0 Å². The van der Waals surface area contributed by atoms with Crippen molar-refractivity contribution in [3.05, 3.63) is 47.4 Å². The molecule has 0 aliphatic carbocycles. The van der Waals surface area contributed by atoms with Gasteiger partial charge in [0.1, 0.15) is 17.1 Å². The van der Waals surface area contributed by atoms with Gasteiger partial charge >= 0.3 is 5.97 Å². The van der Waals surface area contributed by atoms with Crippen molar-refractivity contribution in [1.82, 2.24) is 14.8 Å². The average Bonchev–Trinajstić information content (AvgIpc) is 3.21. The lowest BCUT2D eigenvalue weighted by Crippen LogP contribution is -2.21. The van der Waals surface area contributed by atoms with Gasteiger partial charge in [-0.3, -0.25) is 4.68 Å². The van der Waals surface area contributed by atoms with Gasteiger partial charge in [0.25, 0.3) is 0 Å². The van der Waals surface area contributed by atoms with Gasteiger partial charge in [0.2, 0.25) is 0 Å². The van der Waals surface area contributed by atoms with Crippen LogP contribution in [0.4, 0.5) is 5.82 Å². The second kappa shape index (κ2) is 8.17. The molecule has 3 heterocycles. The minimum Gasteiger partial charge on any atom is -0.462 e. The fourth-order valence-corrected chi connectivity index (χ4v) is 3.59. The van der Waals surface area contributed by atoms with Gasteiger partial charge in [0, 0.05) is 25.0 Å². The number of rotatable bonds is 6. The van der Waals surface area contributed by atoms with Crippen LogP contribution in [0.15, 0.2) is 24.9 Å². The third-order valence-electron chi connectivity index (χ3n) is 5.49. The third kappa shape index (κ3) is 4.11. The summed E-state index contributed by atoms with van der Waals surface area (Å²) in [5.41, 5.74) is 3.84. The van der Waals surface area contributed by atoms with Gasteiger partial charge in [0.15, 0.2) is 0 Å². The van der Waals surface area contributed by atoms with E-state index in [4.69, 9.17) is 9.72 Å². The molecule has 6 heteroatoms. The maximum atomic E-state index is 12.2. The van der Waals surface area contributed by atoms with Crippen LogP contribution in [0.2, 0.25) is 0 Å². The van der Waals surface area contributed by atoms with Crippen LogP contribution in [0, 0.1) is 18.8 Å². The molecule has 0 N–H and O–H groups in total. The van der Waals surface area contributed by atoms with Gasteiger partial charge < -0.3 is 9.64 Å².